The molecule has 9 nitrogen and oxygen atoms in total. The molecule has 0 aromatic heterocycles. The Kier molecular flexibility index (Phi) is 7.27. The molecule has 0 unspecified atom stereocenters. The SMILES string of the molecule is C=CC(=O)NCCCCCC(O)(P(=O)(O)O)P(=O)(O)O. The normalized spacial score (nSPS) is 13.1. The molecule has 0 saturated carbocycles. The van der Waals surface area contributed by atoms with Gasteiger partial charge in [0.2, 0.25) is 5.91 Å². The second kappa shape index (κ2) is 7.47. The molecule has 0 saturated heterocycles. The Morgan fingerprint density at radius 3 is 2.00 bits per heavy atom. The van der Waals surface area contributed by atoms with Gasteiger partial charge in [-0.15, -0.1) is 0 Å². The topological polar surface area (TPSA) is 164 Å². The Labute approximate surface area is 116 Å². The Morgan fingerprint density at radius 1 is 1.10 bits per heavy atom. The summed E-state index contributed by atoms with van der Waals surface area (Å²) in [6.07, 6.45) is 1.08. The van der Waals surface area contributed by atoms with E-state index in [0.29, 0.717) is 12.8 Å². The van der Waals surface area contributed by atoms with Crippen LogP contribution in [0.1, 0.15) is 25.7 Å². The van der Waals surface area contributed by atoms with Crippen LogP contribution in [0, 0.1) is 0 Å². The van der Waals surface area contributed by atoms with Crippen molar-refractivity contribution in [3.8, 4) is 0 Å². The van der Waals surface area contributed by atoms with Gasteiger partial charge in [0.05, 0.1) is 0 Å². The van der Waals surface area contributed by atoms with Gasteiger partial charge in [-0.05, 0) is 25.3 Å². The van der Waals surface area contributed by atoms with Crippen molar-refractivity contribution in [1.29, 1.82) is 0 Å². The van der Waals surface area contributed by atoms with Gasteiger partial charge in [-0.25, -0.2) is 0 Å². The van der Waals surface area contributed by atoms with E-state index in [2.05, 4.69) is 11.9 Å². The van der Waals surface area contributed by atoms with Crippen molar-refractivity contribution in [1.82, 2.24) is 5.32 Å². The molecule has 6 N–H and O–H groups in total. The minimum atomic E-state index is -5.38. The highest BCUT2D eigenvalue weighted by Gasteiger charge is 2.58. The summed E-state index contributed by atoms with van der Waals surface area (Å²) < 4.78 is 22.1. The zero-order chi connectivity index (χ0) is 16.0. The van der Waals surface area contributed by atoms with E-state index in [-0.39, 0.29) is 18.9 Å². The average Bonchev–Trinajstić information content (AvgIpc) is 2.29. The zero-order valence-electron chi connectivity index (χ0n) is 10.7. The molecule has 1 amide bonds. The first kappa shape index (κ1) is 19.5. The Bertz CT molecular complexity index is 417. The van der Waals surface area contributed by atoms with Gasteiger partial charge in [-0.2, -0.15) is 0 Å². The highest BCUT2D eigenvalue weighted by atomic mass is 31.2. The van der Waals surface area contributed by atoms with E-state index in [1.165, 1.54) is 0 Å². The van der Waals surface area contributed by atoms with Gasteiger partial charge in [-0.3, -0.25) is 13.9 Å². The van der Waals surface area contributed by atoms with Crippen LogP contribution in [0.5, 0.6) is 0 Å². The highest BCUT2D eigenvalue weighted by molar-refractivity contribution is 7.72. The predicted molar refractivity (Wildman–Crippen MR) is 70.7 cm³/mol. The smallest absolute Gasteiger partial charge is 0.368 e. The van der Waals surface area contributed by atoms with E-state index >= 15 is 0 Å². The lowest BCUT2D eigenvalue weighted by atomic mass is 10.2. The number of hydrogen-bond donors (Lipinski definition) is 6. The molecule has 0 aliphatic carbocycles. The van der Waals surface area contributed by atoms with Crippen molar-refractivity contribution in [2.45, 2.75) is 30.8 Å². The Balaban J connectivity index is 4.33. The van der Waals surface area contributed by atoms with Crippen molar-refractivity contribution in [2.24, 2.45) is 0 Å². The quantitative estimate of drug-likeness (QED) is 0.193. The second-order valence-electron chi connectivity index (χ2n) is 4.17. The first-order chi connectivity index (χ1) is 8.95. The first-order valence-corrected chi connectivity index (χ1v) is 8.92. The molecular formula is C9H19NO8P2. The standard InChI is InChI=1S/C9H19NO8P2/c1-2-8(11)10-7-5-3-4-6-9(12,19(13,14)15)20(16,17)18/h2,12H,1,3-7H2,(H,10,11)(H2,13,14,15)(H2,16,17,18). The molecule has 0 bridgehead atoms. The number of carbonyl (C=O) groups excluding carboxylic acids is 1. The van der Waals surface area contributed by atoms with Crippen LogP contribution in [0.3, 0.4) is 0 Å². The van der Waals surface area contributed by atoms with Crippen LogP contribution in [0.2, 0.25) is 0 Å². The highest BCUT2D eigenvalue weighted by Crippen LogP contribution is 2.69. The third-order valence-corrected chi connectivity index (χ3v) is 6.48. The summed E-state index contributed by atoms with van der Waals surface area (Å²) in [5.41, 5.74) is 0. The van der Waals surface area contributed by atoms with Crippen LogP contribution < -0.4 is 5.32 Å². The molecule has 0 radical (unpaired) electrons. The van der Waals surface area contributed by atoms with Gasteiger partial charge in [0.15, 0.2) is 0 Å². The molecular weight excluding hydrogens is 312 g/mol. The van der Waals surface area contributed by atoms with Crippen molar-refractivity contribution in [3.63, 3.8) is 0 Å². The maximum atomic E-state index is 11.0. The fourth-order valence-electron chi connectivity index (χ4n) is 1.41. The molecule has 0 aromatic rings. The number of hydrogen-bond acceptors (Lipinski definition) is 4. The number of rotatable bonds is 9. The van der Waals surface area contributed by atoms with Gasteiger partial charge >= 0.3 is 15.2 Å². The van der Waals surface area contributed by atoms with Crippen molar-refractivity contribution >= 4 is 21.1 Å². The fraction of sp³-hybridized carbons (Fsp3) is 0.667. The van der Waals surface area contributed by atoms with Crippen LogP contribution >= 0.6 is 15.2 Å². The van der Waals surface area contributed by atoms with E-state index in [1.54, 1.807) is 0 Å². The van der Waals surface area contributed by atoms with E-state index in [9.17, 15) is 19.0 Å². The minimum Gasteiger partial charge on any atom is -0.368 e. The third kappa shape index (κ3) is 5.46. The van der Waals surface area contributed by atoms with Gasteiger partial charge in [-0.1, -0.05) is 13.0 Å². The molecule has 0 heterocycles. The summed E-state index contributed by atoms with van der Waals surface area (Å²) in [6.45, 7) is 3.53. The van der Waals surface area contributed by atoms with Gasteiger partial charge in [0.1, 0.15) is 0 Å². The molecule has 0 rings (SSSR count). The lowest BCUT2D eigenvalue weighted by molar-refractivity contribution is -0.116. The van der Waals surface area contributed by atoms with Crippen molar-refractivity contribution < 1.29 is 38.6 Å². The van der Waals surface area contributed by atoms with E-state index in [0.717, 1.165) is 6.08 Å². The summed E-state index contributed by atoms with van der Waals surface area (Å²) in [4.78, 5) is 46.3. The summed E-state index contributed by atoms with van der Waals surface area (Å²) in [6, 6.07) is 0. The number of unbranched alkanes of at least 4 members (excludes halogenated alkanes) is 2. The summed E-state index contributed by atoms with van der Waals surface area (Å²) >= 11 is 0. The number of nitrogens with one attached hydrogen (secondary N) is 1. The largest absolute Gasteiger partial charge is 0.369 e. The monoisotopic (exact) mass is 331 g/mol. The molecule has 20 heavy (non-hydrogen) atoms. The molecule has 11 heteroatoms. The Morgan fingerprint density at radius 2 is 1.60 bits per heavy atom. The summed E-state index contributed by atoms with van der Waals surface area (Å²) in [5.74, 6) is -0.369. The van der Waals surface area contributed by atoms with Crippen molar-refractivity contribution in [2.75, 3.05) is 6.54 Å². The second-order valence-corrected chi connectivity index (χ2v) is 8.18. The third-order valence-electron chi connectivity index (χ3n) is 2.61. The fourth-order valence-corrected chi connectivity index (χ4v) is 3.67. The zero-order valence-corrected chi connectivity index (χ0v) is 12.5. The van der Waals surface area contributed by atoms with Crippen molar-refractivity contribution in [3.05, 3.63) is 12.7 Å². The molecule has 0 spiro atoms. The van der Waals surface area contributed by atoms with Crippen LogP contribution in [0.15, 0.2) is 12.7 Å². The molecule has 0 aliphatic rings. The lowest BCUT2D eigenvalue weighted by Crippen LogP contribution is -2.28. The van der Waals surface area contributed by atoms with E-state index in [4.69, 9.17) is 19.6 Å². The number of carbonyl (C=O) groups is 1. The molecule has 118 valence electrons. The van der Waals surface area contributed by atoms with Gasteiger partial charge in [0, 0.05) is 6.54 Å². The van der Waals surface area contributed by atoms with E-state index in [1.807, 2.05) is 0 Å². The summed E-state index contributed by atoms with van der Waals surface area (Å²) in [7, 11) is -10.8. The van der Waals surface area contributed by atoms with Crippen LogP contribution in [0.4, 0.5) is 0 Å². The van der Waals surface area contributed by atoms with E-state index < -0.39 is 26.7 Å². The Hall–Kier alpha value is -0.530. The average molecular weight is 331 g/mol. The molecule has 0 aromatic carbocycles. The maximum absolute atomic E-state index is 11.0. The molecule has 0 fully saturated rings. The first-order valence-electron chi connectivity index (χ1n) is 5.69. The maximum Gasteiger partial charge on any atom is 0.369 e. The summed E-state index contributed by atoms with van der Waals surface area (Å²) in [5, 5.41) is 8.66. The van der Waals surface area contributed by atoms with Gasteiger partial charge in [0.25, 0.3) is 5.08 Å². The molecule has 0 atom stereocenters. The van der Waals surface area contributed by atoms with Crippen LogP contribution in [-0.4, -0.2) is 42.2 Å². The number of aliphatic hydroxyl groups is 1. The van der Waals surface area contributed by atoms with Crippen LogP contribution in [-0.2, 0) is 13.9 Å². The van der Waals surface area contributed by atoms with Crippen LogP contribution in [0.25, 0.3) is 0 Å². The minimum absolute atomic E-state index is 0.0172. The van der Waals surface area contributed by atoms with Gasteiger partial charge < -0.3 is 30.0 Å². The lowest BCUT2D eigenvalue weighted by Gasteiger charge is -2.29. The number of amides is 1. The molecule has 0 aliphatic heterocycles. The predicted octanol–water partition coefficient (Wildman–Crippen LogP) is -0.150.